The molecule has 2 aromatic carbocycles. The van der Waals surface area contributed by atoms with Crippen LogP contribution < -0.4 is 21.7 Å². The van der Waals surface area contributed by atoms with Crippen molar-refractivity contribution in [1.82, 2.24) is 16.0 Å². The second-order valence-corrected chi connectivity index (χ2v) is 7.59. The fraction of sp³-hybridized carbons (Fsp3) is 0.304. The molecule has 0 aromatic heterocycles. The van der Waals surface area contributed by atoms with Gasteiger partial charge in [0.25, 0.3) is 0 Å². The first-order chi connectivity index (χ1) is 16.2. The number of carboxylic acid groups (broad SMARTS) is 1. The summed E-state index contributed by atoms with van der Waals surface area (Å²) in [5.41, 5.74) is 7.49. The standard InChI is InChI=1S/C23H28N4O7/c24-17(10-14-4-2-1-3-5-14)21(31)27-18(11-15-6-8-16(29)9-7-15)22(32)25-12-20(30)26-19(13-28)23(33)34/h1-9,17-19,28-29H,10-13,24H2,(H,25,32)(H,26,30)(H,27,31)(H,33,34). The van der Waals surface area contributed by atoms with Gasteiger partial charge in [0.15, 0.2) is 0 Å². The van der Waals surface area contributed by atoms with Crippen LogP contribution in [-0.4, -0.2) is 70.3 Å². The maximum atomic E-state index is 12.8. The summed E-state index contributed by atoms with van der Waals surface area (Å²) in [6.45, 7) is -1.38. The first kappa shape index (κ1) is 26.3. The number of aromatic hydroxyl groups is 1. The molecular formula is C23H28N4O7. The van der Waals surface area contributed by atoms with E-state index >= 15 is 0 Å². The summed E-state index contributed by atoms with van der Waals surface area (Å²) in [4.78, 5) is 48.3. The number of hydrogen-bond donors (Lipinski definition) is 7. The van der Waals surface area contributed by atoms with Crippen molar-refractivity contribution >= 4 is 23.7 Å². The normalized spacial score (nSPS) is 13.2. The number of phenolic OH excluding ortho intramolecular Hbond substituents is 1. The summed E-state index contributed by atoms with van der Waals surface area (Å²) in [5, 5.41) is 34.3. The molecule has 11 nitrogen and oxygen atoms in total. The van der Waals surface area contributed by atoms with E-state index in [9.17, 15) is 24.3 Å². The highest BCUT2D eigenvalue weighted by molar-refractivity contribution is 5.92. The number of aliphatic hydroxyl groups excluding tert-OH is 1. The fourth-order valence-electron chi connectivity index (χ4n) is 3.04. The van der Waals surface area contributed by atoms with Crippen molar-refractivity contribution in [3.63, 3.8) is 0 Å². The third-order valence-electron chi connectivity index (χ3n) is 4.88. The van der Waals surface area contributed by atoms with E-state index in [0.29, 0.717) is 5.56 Å². The third kappa shape index (κ3) is 8.52. The van der Waals surface area contributed by atoms with Crippen LogP contribution in [0.15, 0.2) is 54.6 Å². The SMILES string of the molecule is NC(Cc1ccccc1)C(=O)NC(Cc1ccc(O)cc1)C(=O)NCC(=O)NC(CO)C(=O)O. The van der Waals surface area contributed by atoms with Gasteiger partial charge in [0.2, 0.25) is 17.7 Å². The van der Waals surface area contributed by atoms with E-state index in [0.717, 1.165) is 5.56 Å². The minimum absolute atomic E-state index is 0.0345. The average Bonchev–Trinajstić information content (AvgIpc) is 2.82. The van der Waals surface area contributed by atoms with Gasteiger partial charge >= 0.3 is 5.97 Å². The summed E-state index contributed by atoms with van der Waals surface area (Å²) in [5.74, 6) is -3.48. The number of phenols is 1. The lowest BCUT2D eigenvalue weighted by Crippen LogP contribution is -2.54. The zero-order valence-corrected chi connectivity index (χ0v) is 18.3. The Bertz CT molecular complexity index is 983. The number of aliphatic hydroxyl groups is 1. The molecule has 0 aliphatic carbocycles. The fourth-order valence-corrected chi connectivity index (χ4v) is 3.04. The first-order valence-electron chi connectivity index (χ1n) is 10.5. The topological polar surface area (TPSA) is 191 Å². The lowest BCUT2D eigenvalue weighted by atomic mass is 10.0. The van der Waals surface area contributed by atoms with E-state index in [4.69, 9.17) is 15.9 Å². The van der Waals surface area contributed by atoms with Gasteiger partial charge in [-0.1, -0.05) is 42.5 Å². The van der Waals surface area contributed by atoms with E-state index in [1.54, 1.807) is 12.1 Å². The highest BCUT2D eigenvalue weighted by atomic mass is 16.4. The van der Waals surface area contributed by atoms with Crippen LogP contribution in [0.1, 0.15) is 11.1 Å². The van der Waals surface area contributed by atoms with Gasteiger partial charge in [-0.3, -0.25) is 14.4 Å². The predicted octanol–water partition coefficient (Wildman–Crippen LogP) is -1.33. The van der Waals surface area contributed by atoms with Crippen LogP contribution in [0.25, 0.3) is 0 Å². The molecule has 11 heteroatoms. The number of amides is 3. The molecule has 0 aliphatic heterocycles. The van der Waals surface area contributed by atoms with Gasteiger partial charge in [0.1, 0.15) is 17.8 Å². The van der Waals surface area contributed by atoms with Crippen molar-refractivity contribution < 1.29 is 34.5 Å². The molecule has 0 fully saturated rings. The molecule has 3 amide bonds. The molecule has 3 atom stereocenters. The number of nitrogens with two attached hydrogens (primary N) is 1. The minimum Gasteiger partial charge on any atom is -0.508 e. The predicted molar refractivity (Wildman–Crippen MR) is 122 cm³/mol. The number of rotatable bonds is 12. The summed E-state index contributed by atoms with van der Waals surface area (Å²) in [7, 11) is 0. The van der Waals surface area contributed by atoms with Gasteiger partial charge in [0, 0.05) is 6.42 Å². The lowest BCUT2D eigenvalue weighted by molar-refractivity contribution is -0.142. The molecule has 0 heterocycles. The molecular weight excluding hydrogens is 444 g/mol. The Morgan fingerprint density at radius 2 is 1.44 bits per heavy atom. The van der Waals surface area contributed by atoms with Gasteiger partial charge in [-0.2, -0.15) is 0 Å². The van der Waals surface area contributed by atoms with E-state index in [1.807, 2.05) is 30.3 Å². The Morgan fingerprint density at radius 3 is 2.03 bits per heavy atom. The molecule has 0 radical (unpaired) electrons. The van der Waals surface area contributed by atoms with Crippen LogP contribution in [0.3, 0.4) is 0 Å². The second-order valence-electron chi connectivity index (χ2n) is 7.59. The Balaban J connectivity index is 2.04. The maximum Gasteiger partial charge on any atom is 0.328 e. The Morgan fingerprint density at radius 1 is 0.824 bits per heavy atom. The zero-order chi connectivity index (χ0) is 25.1. The quantitative estimate of drug-likeness (QED) is 0.197. The summed E-state index contributed by atoms with van der Waals surface area (Å²) < 4.78 is 0. The number of nitrogens with one attached hydrogen (secondary N) is 3. The van der Waals surface area contributed by atoms with Gasteiger partial charge < -0.3 is 37.0 Å². The summed E-state index contributed by atoms with van der Waals surface area (Å²) >= 11 is 0. The molecule has 8 N–H and O–H groups in total. The molecule has 2 rings (SSSR count). The lowest BCUT2D eigenvalue weighted by Gasteiger charge is -2.21. The second kappa shape index (κ2) is 12.9. The Kier molecular flexibility index (Phi) is 9.99. The number of aliphatic carboxylic acids is 1. The van der Waals surface area contributed by atoms with Crippen molar-refractivity contribution in [2.45, 2.75) is 31.0 Å². The van der Waals surface area contributed by atoms with Crippen LogP contribution >= 0.6 is 0 Å². The number of hydrogen-bond acceptors (Lipinski definition) is 7. The molecule has 0 aliphatic rings. The monoisotopic (exact) mass is 472 g/mol. The third-order valence-corrected chi connectivity index (χ3v) is 4.88. The summed E-state index contributed by atoms with van der Waals surface area (Å²) in [6.07, 6.45) is 0.298. The van der Waals surface area contributed by atoms with Crippen LogP contribution in [-0.2, 0) is 32.0 Å². The molecule has 0 saturated heterocycles. The minimum atomic E-state index is -1.51. The molecule has 2 aromatic rings. The van der Waals surface area contributed by atoms with E-state index in [2.05, 4.69) is 16.0 Å². The largest absolute Gasteiger partial charge is 0.508 e. The van der Waals surface area contributed by atoms with Crippen LogP contribution in [0.2, 0.25) is 0 Å². The van der Waals surface area contributed by atoms with Crippen LogP contribution in [0.4, 0.5) is 0 Å². The Labute approximate surface area is 196 Å². The van der Waals surface area contributed by atoms with Crippen LogP contribution in [0, 0.1) is 0 Å². The maximum absolute atomic E-state index is 12.8. The van der Waals surface area contributed by atoms with Gasteiger partial charge in [-0.15, -0.1) is 0 Å². The average molecular weight is 472 g/mol. The first-order valence-corrected chi connectivity index (χ1v) is 10.5. The smallest absolute Gasteiger partial charge is 0.328 e. The Hall–Kier alpha value is -3.96. The van der Waals surface area contributed by atoms with Crippen molar-refractivity contribution in [2.24, 2.45) is 5.73 Å². The van der Waals surface area contributed by atoms with Crippen molar-refractivity contribution in [2.75, 3.05) is 13.2 Å². The van der Waals surface area contributed by atoms with E-state index in [-0.39, 0.29) is 18.6 Å². The molecule has 0 bridgehead atoms. The molecule has 0 spiro atoms. The molecule has 182 valence electrons. The number of carbonyl (C=O) groups excluding carboxylic acids is 3. The van der Waals surface area contributed by atoms with Gasteiger partial charge in [-0.25, -0.2) is 4.79 Å². The van der Waals surface area contributed by atoms with Gasteiger partial charge in [0.05, 0.1) is 19.2 Å². The van der Waals surface area contributed by atoms with Crippen molar-refractivity contribution in [1.29, 1.82) is 0 Å². The van der Waals surface area contributed by atoms with E-state index < -0.39 is 55.0 Å². The number of benzene rings is 2. The molecule has 3 unspecified atom stereocenters. The number of carbonyl (C=O) groups is 4. The van der Waals surface area contributed by atoms with Crippen molar-refractivity contribution in [3.05, 3.63) is 65.7 Å². The highest BCUT2D eigenvalue weighted by Crippen LogP contribution is 2.12. The van der Waals surface area contributed by atoms with Crippen molar-refractivity contribution in [3.8, 4) is 5.75 Å². The summed E-state index contributed by atoms with van der Waals surface area (Å²) in [6, 6.07) is 11.6. The zero-order valence-electron chi connectivity index (χ0n) is 18.3. The number of carboxylic acids is 1. The molecule has 0 saturated carbocycles. The van der Waals surface area contributed by atoms with Crippen LogP contribution in [0.5, 0.6) is 5.75 Å². The highest BCUT2D eigenvalue weighted by Gasteiger charge is 2.25. The van der Waals surface area contributed by atoms with Gasteiger partial charge in [-0.05, 0) is 29.7 Å². The molecule has 34 heavy (non-hydrogen) atoms. The van der Waals surface area contributed by atoms with E-state index in [1.165, 1.54) is 12.1 Å².